The molecule has 6 heteroatoms. The van der Waals surface area contributed by atoms with Gasteiger partial charge in [0.2, 0.25) is 0 Å². The largest absolute Gasteiger partial charge is 0.353 e. The highest BCUT2D eigenvalue weighted by atomic mass is 79.9. The zero-order chi connectivity index (χ0) is 16.4. The quantitative estimate of drug-likeness (QED) is 0.679. The molecule has 0 N–H and O–H groups in total. The van der Waals surface area contributed by atoms with Crippen LogP contribution in [-0.4, -0.2) is 21.8 Å². The van der Waals surface area contributed by atoms with E-state index >= 15 is 0 Å². The highest BCUT2D eigenvalue weighted by molar-refractivity contribution is 9.10. The molecule has 3 aromatic rings. The van der Waals surface area contributed by atoms with Crippen molar-refractivity contribution in [2.75, 3.05) is 11.9 Å². The number of hydrogen-bond acceptors (Lipinski definition) is 3. The summed E-state index contributed by atoms with van der Waals surface area (Å²) in [6, 6.07) is 12.0. The maximum atomic E-state index is 13.0. The van der Waals surface area contributed by atoms with Gasteiger partial charge in [0.25, 0.3) is 0 Å². The Morgan fingerprint density at radius 3 is 2.43 bits per heavy atom. The van der Waals surface area contributed by atoms with Gasteiger partial charge >= 0.3 is 0 Å². The minimum Gasteiger partial charge on any atom is -0.353 e. The number of nitrogens with zero attached hydrogens (tertiary/aromatic N) is 4. The fourth-order valence-electron chi connectivity index (χ4n) is 2.35. The van der Waals surface area contributed by atoms with E-state index in [1.165, 1.54) is 17.1 Å². The molecule has 0 unspecified atom stereocenters. The van der Waals surface area contributed by atoms with Gasteiger partial charge in [-0.15, -0.1) is 0 Å². The lowest BCUT2D eigenvalue weighted by atomic mass is 10.1. The van der Waals surface area contributed by atoms with Crippen molar-refractivity contribution in [3.63, 3.8) is 0 Å². The van der Waals surface area contributed by atoms with E-state index in [0.717, 1.165) is 21.5 Å². The van der Waals surface area contributed by atoms with Crippen LogP contribution in [0.2, 0.25) is 0 Å². The van der Waals surface area contributed by atoms with Crippen LogP contribution >= 0.6 is 15.9 Å². The van der Waals surface area contributed by atoms with Gasteiger partial charge in [0.15, 0.2) is 5.82 Å². The van der Waals surface area contributed by atoms with Gasteiger partial charge in [-0.25, -0.2) is 14.1 Å². The van der Waals surface area contributed by atoms with E-state index in [-0.39, 0.29) is 11.9 Å². The minimum atomic E-state index is -0.344. The Kier molecular flexibility index (Phi) is 4.43. The maximum absolute atomic E-state index is 13.0. The van der Waals surface area contributed by atoms with E-state index in [0.29, 0.717) is 0 Å². The first kappa shape index (κ1) is 15.7. The topological polar surface area (TPSA) is 34.0 Å². The van der Waals surface area contributed by atoms with Crippen LogP contribution < -0.4 is 4.90 Å². The number of benzene rings is 1. The first-order valence-electron chi connectivity index (χ1n) is 7.19. The normalized spacial score (nSPS) is 12.2. The van der Waals surface area contributed by atoms with E-state index in [4.69, 9.17) is 0 Å². The standard InChI is InChI=1S/C17H16BrFN4/c1-12(22(2)17-8-5-14(18)9-20-17)13-3-6-16(7-4-13)23-11-15(19)10-21-23/h3-12H,1-2H3/t12-/m0/s1. The Labute approximate surface area is 142 Å². The number of pyridine rings is 1. The fourth-order valence-corrected chi connectivity index (χ4v) is 2.58. The smallest absolute Gasteiger partial charge is 0.161 e. The molecule has 0 saturated heterocycles. The Morgan fingerprint density at radius 1 is 1.13 bits per heavy atom. The van der Waals surface area contributed by atoms with Crippen molar-refractivity contribution in [3.05, 3.63) is 70.8 Å². The summed E-state index contributed by atoms with van der Waals surface area (Å²) in [6.07, 6.45) is 4.34. The maximum Gasteiger partial charge on any atom is 0.161 e. The van der Waals surface area contributed by atoms with E-state index in [1.807, 2.05) is 43.4 Å². The van der Waals surface area contributed by atoms with E-state index in [1.54, 1.807) is 6.20 Å². The van der Waals surface area contributed by atoms with Crippen molar-refractivity contribution in [1.82, 2.24) is 14.8 Å². The van der Waals surface area contributed by atoms with Crippen molar-refractivity contribution in [1.29, 1.82) is 0 Å². The summed E-state index contributed by atoms with van der Waals surface area (Å²) >= 11 is 3.39. The molecule has 0 bridgehead atoms. The van der Waals surface area contributed by atoms with Crippen LogP contribution in [0.4, 0.5) is 10.2 Å². The zero-order valence-electron chi connectivity index (χ0n) is 12.8. The van der Waals surface area contributed by atoms with Crippen molar-refractivity contribution in [3.8, 4) is 5.69 Å². The van der Waals surface area contributed by atoms with E-state index < -0.39 is 0 Å². The minimum absolute atomic E-state index is 0.159. The molecule has 118 valence electrons. The fraction of sp³-hybridized carbons (Fsp3) is 0.176. The molecule has 1 atom stereocenters. The molecular weight excluding hydrogens is 359 g/mol. The van der Waals surface area contributed by atoms with Gasteiger partial charge in [0.1, 0.15) is 5.82 Å². The summed E-state index contributed by atoms with van der Waals surface area (Å²) in [5, 5.41) is 3.97. The Bertz CT molecular complexity index is 783. The number of anilines is 1. The van der Waals surface area contributed by atoms with Crippen LogP contribution in [0.5, 0.6) is 0 Å². The molecule has 4 nitrogen and oxygen atoms in total. The lowest BCUT2D eigenvalue weighted by molar-refractivity contribution is 0.627. The highest BCUT2D eigenvalue weighted by Crippen LogP contribution is 2.25. The molecule has 0 fully saturated rings. The molecule has 0 amide bonds. The Morgan fingerprint density at radius 2 is 1.87 bits per heavy atom. The molecule has 23 heavy (non-hydrogen) atoms. The van der Waals surface area contributed by atoms with Crippen LogP contribution in [0.15, 0.2) is 59.5 Å². The van der Waals surface area contributed by atoms with Gasteiger partial charge in [-0.2, -0.15) is 5.10 Å². The lowest BCUT2D eigenvalue weighted by Gasteiger charge is -2.26. The predicted octanol–water partition coefficient (Wildman–Crippen LogP) is 4.37. The zero-order valence-corrected chi connectivity index (χ0v) is 14.4. The van der Waals surface area contributed by atoms with Crippen LogP contribution in [0, 0.1) is 5.82 Å². The highest BCUT2D eigenvalue weighted by Gasteiger charge is 2.13. The SMILES string of the molecule is C[C@@H](c1ccc(-n2cc(F)cn2)cc1)N(C)c1ccc(Br)cn1. The van der Waals surface area contributed by atoms with E-state index in [2.05, 4.69) is 37.8 Å². The lowest BCUT2D eigenvalue weighted by Crippen LogP contribution is -2.22. The van der Waals surface area contributed by atoms with Gasteiger partial charge in [0.05, 0.1) is 24.1 Å². The Balaban J connectivity index is 1.79. The summed E-state index contributed by atoms with van der Waals surface area (Å²) in [4.78, 5) is 6.52. The summed E-state index contributed by atoms with van der Waals surface area (Å²) in [7, 11) is 2.01. The molecule has 0 saturated carbocycles. The molecular formula is C17H16BrFN4. The molecule has 0 aliphatic rings. The third kappa shape index (κ3) is 3.42. The van der Waals surface area contributed by atoms with Gasteiger partial charge in [0, 0.05) is 17.7 Å². The Hall–Kier alpha value is -2.21. The molecule has 1 aromatic carbocycles. The third-order valence-corrected chi connectivity index (χ3v) is 4.31. The van der Waals surface area contributed by atoms with Crippen LogP contribution in [-0.2, 0) is 0 Å². The van der Waals surface area contributed by atoms with E-state index in [9.17, 15) is 4.39 Å². The van der Waals surface area contributed by atoms with Gasteiger partial charge < -0.3 is 4.90 Å². The number of halogens is 2. The average Bonchev–Trinajstić information content (AvgIpc) is 3.01. The predicted molar refractivity (Wildman–Crippen MR) is 92.3 cm³/mol. The van der Waals surface area contributed by atoms with Gasteiger partial charge in [-0.3, -0.25) is 0 Å². The summed E-state index contributed by atoms with van der Waals surface area (Å²) < 4.78 is 15.5. The monoisotopic (exact) mass is 374 g/mol. The van der Waals surface area contributed by atoms with Crippen LogP contribution in [0.25, 0.3) is 5.69 Å². The number of rotatable bonds is 4. The average molecular weight is 375 g/mol. The summed E-state index contributed by atoms with van der Waals surface area (Å²) in [5.74, 6) is 0.558. The van der Waals surface area contributed by atoms with Crippen molar-refractivity contribution in [2.45, 2.75) is 13.0 Å². The molecule has 2 aromatic heterocycles. The second-order valence-electron chi connectivity index (χ2n) is 5.32. The van der Waals surface area contributed by atoms with Crippen molar-refractivity contribution < 1.29 is 4.39 Å². The first-order valence-corrected chi connectivity index (χ1v) is 7.99. The van der Waals surface area contributed by atoms with Gasteiger partial charge in [-0.1, -0.05) is 12.1 Å². The molecule has 3 rings (SSSR count). The van der Waals surface area contributed by atoms with Crippen LogP contribution in [0.3, 0.4) is 0 Å². The van der Waals surface area contributed by atoms with Gasteiger partial charge in [-0.05, 0) is 52.7 Å². The van der Waals surface area contributed by atoms with Crippen molar-refractivity contribution in [2.24, 2.45) is 0 Å². The first-order chi connectivity index (χ1) is 11.0. The molecule has 0 spiro atoms. The second-order valence-corrected chi connectivity index (χ2v) is 6.23. The summed E-state index contributed by atoms with van der Waals surface area (Å²) in [6.45, 7) is 2.12. The number of aromatic nitrogens is 3. The molecule has 0 aliphatic carbocycles. The molecule has 2 heterocycles. The van der Waals surface area contributed by atoms with Crippen molar-refractivity contribution >= 4 is 21.7 Å². The third-order valence-electron chi connectivity index (χ3n) is 3.85. The molecule has 0 aliphatic heterocycles. The second kappa shape index (κ2) is 6.50. The van der Waals surface area contributed by atoms with Crippen LogP contribution in [0.1, 0.15) is 18.5 Å². The molecule has 0 radical (unpaired) electrons. The summed E-state index contributed by atoms with van der Waals surface area (Å²) in [5.41, 5.74) is 1.97. The number of hydrogen-bond donors (Lipinski definition) is 0.